The Morgan fingerprint density at radius 2 is 1.82 bits per heavy atom. The van der Waals surface area contributed by atoms with Crippen LogP contribution in [0.2, 0.25) is 0 Å². The van der Waals surface area contributed by atoms with E-state index in [1.807, 2.05) is 41.8 Å². The SMILES string of the molecule is Cc1nc(CN(C)C)c2c(c1C)CN(C(=O)OC(C)(C)C)C2. The topological polar surface area (TPSA) is 45.7 Å². The second kappa shape index (κ2) is 5.88. The van der Waals surface area contributed by atoms with Crippen molar-refractivity contribution in [2.75, 3.05) is 14.1 Å². The Bertz CT molecular complexity index is 589. The molecular formula is C17H27N3O2. The Kier molecular flexibility index (Phi) is 4.47. The summed E-state index contributed by atoms with van der Waals surface area (Å²) in [4.78, 5) is 20.9. The lowest BCUT2D eigenvalue weighted by Crippen LogP contribution is -2.33. The molecule has 0 unspecified atom stereocenters. The minimum Gasteiger partial charge on any atom is -0.444 e. The molecule has 2 rings (SSSR count). The minimum atomic E-state index is -0.471. The summed E-state index contributed by atoms with van der Waals surface area (Å²) < 4.78 is 5.50. The third-order valence-corrected chi connectivity index (χ3v) is 3.83. The lowest BCUT2D eigenvalue weighted by Gasteiger charge is -2.24. The molecule has 2 heterocycles. The van der Waals surface area contributed by atoms with Crippen LogP contribution < -0.4 is 0 Å². The van der Waals surface area contributed by atoms with Crippen LogP contribution in [-0.4, -0.2) is 40.6 Å². The van der Waals surface area contributed by atoms with Crippen molar-refractivity contribution in [3.05, 3.63) is 28.1 Å². The summed E-state index contributed by atoms with van der Waals surface area (Å²) in [5.41, 5.74) is 5.24. The predicted molar refractivity (Wildman–Crippen MR) is 86.6 cm³/mol. The van der Waals surface area contributed by atoms with E-state index < -0.39 is 5.60 Å². The molecule has 1 aliphatic rings. The molecule has 0 radical (unpaired) electrons. The fraction of sp³-hybridized carbons (Fsp3) is 0.647. The fourth-order valence-corrected chi connectivity index (χ4v) is 2.70. The van der Waals surface area contributed by atoms with Crippen molar-refractivity contribution >= 4 is 6.09 Å². The zero-order chi connectivity index (χ0) is 16.7. The second-order valence-corrected chi connectivity index (χ2v) is 7.30. The molecule has 0 spiro atoms. The number of hydrogen-bond acceptors (Lipinski definition) is 4. The fourth-order valence-electron chi connectivity index (χ4n) is 2.70. The van der Waals surface area contributed by atoms with Gasteiger partial charge in [-0.3, -0.25) is 9.88 Å². The summed E-state index contributed by atoms with van der Waals surface area (Å²) in [7, 11) is 4.06. The van der Waals surface area contributed by atoms with Gasteiger partial charge in [0.15, 0.2) is 0 Å². The zero-order valence-corrected chi connectivity index (χ0v) is 14.8. The van der Waals surface area contributed by atoms with Crippen molar-refractivity contribution in [2.45, 2.75) is 59.9 Å². The molecular weight excluding hydrogens is 278 g/mol. The van der Waals surface area contributed by atoms with Crippen molar-refractivity contribution in [3.63, 3.8) is 0 Å². The molecule has 1 aliphatic heterocycles. The summed E-state index contributed by atoms with van der Waals surface area (Å²) in [5, 5.41) is 0. The lowest BCUT2D eigenvalue weighted by molar-refractivity contribution is 0.0241. The smallest absolute Gasteiger partial charge is 0.410 e. The van der Waals surface area contributed by atoms with Gasteiger partial charge in [-0.1, -0.05) is 0 Å². The first-order valence-electron chi connectivity index (χ1n) is 7.69. The van der Waals surface area contributed by atoms with Crippen LogP contribution in [0, 0.1) is 13.8 Å². The van der Waals surface area contributed by atoms with Gasteiger partial charge >= 0.3 is 6.09 Å². The molecule has 0 saturated heterocycles. The first-order chi connectivity index (χ1) is 10.1. The number of fused-ring (bicyclic) bond motifs is 1. The predicted octanol–water partition coefficient (Wildman–Crippen LogP) is 3.01. The Morgan fingerprint density at radius 3 is 2.36 bits per heavy atom. The Hall–Kier alpha value is -1.62. The third-order valence-electron chi connectivity index (χ3n) is 3.83. The van der Waals surface area contributed by atoms with E-state index in [2.05, 4.69) is 11.8 Å². The number of ether oxygens (including phenoxy) is 1. The lowest BCUT2D eigenvalue weighted by atomic mass is 10.0. The molecule has 1 amide bonds. The summed E-state index contributed by atoms with van der Waals surface area (Å²) in [5.74, 6) is 0. The highest BCUT2D eigenvalue weighted by atomic mass is 16.6. The van der Waals surface area contributed by atoms with E-state index in [9.17, 15) is 4.79 Å². The van der Waals surface area contributed by atoms with Crippen molar-refractivity contribution in [3.8, 4) is 0 Å². The Balaban J connectivity index is 2.29. The highest BCUT2D eigenvalue weighted by molar-refractivity contribution is 5.69. The number of rotatable bonds is 2. The van der Waals surface area contributed by atoms with E-state index in [1.54, 1.807) is 4.90 Å². The Morgan fingerprint density at radius 1 is 1.23 bits per heavy atom. The molecule has 1 aromatic heterocycles. The summed E-state index contributed by atoms with van der Waals surface area (Å²) >= 11 is 0. The van der Waals surface area contributed by atoms with E-state index in [-0.39, 0.29) is 6.09 Å². The molecule has 0 aromatic carbocycles. The van der Waals surface area contributed by atoms with Crippen LogP contribution in [0.1, 0.15) is 48.8 Å². The van der Waals surface area contributed by atoms with Crippen LogP contribution in [-0.2, 0) is 24.4 Å². The van der Waals surface area contributed by atoms with Gasteiger partial charge in [0, 0.05) is 12.2 Å². The first-order valence-corrected chi connectivity index (χ1v) is 7.69. The van der Waals surface area contributed by atoms with Crippen molar-refractivity contribution in [2.24, 2.45) is 0 Å². The molecule has 5 heteroatoms. The summed E-state index contributed by atoms with van der Waals surface area (Å²) in [6, 6.07) is 0. The van der Waals surface area contributed by atoms with Gasteiger partial charge in [0.1, 0.15) is 5.60 Å². The van der Waals surface area contributed by atoms with Gasteiger partial charge in [-0.15, -0.1) is 0 Å². The van der Waals surface area contributed by atoms with E-state index in [4.69, 9.17) is 9.72 Å². The highest BCUT2D eigenvalue weighted by Crippen LogP contribution is 2.30. The molecule has 0 N–H and O–H groups in total. The van der Waals surface area contributed by atoms with Crippen LogP contribution in [0.4, 0.5) is 4.79 Å². The summed E-state index contributed by atoms with van der Waals surface area (Å²) in [6.45, 7) is 11.8. The average Bonchev–Trinajstić information content (AvgIpc) is 2.78. The number of carbonyl (C=O) groups excluding carboxylic acids is 1. The van der Waals surface area contributed by atoms with Crippen LogP contribution >= 0.6 is 0 Å². The molecule has 0 saturated carbocycles. The Labute approximate surface area is 133 Å². The number of amides is 1. The number of nitrogens with zero attached hydrogens (tertiary/aromatic N) is 3. The first kappa shape index (κ1) is 16.7. The molecule has 1 aromatic rings. The van der Waals surface area contributed by atoms with Gasteiger partial charge in [0.05, 0.1) is 18.8 Å². The maximum atomic E-state index is 12.3. The highest BCUT2D eigenvalue weighted by Gasteiger charge is 2.31. The van der Waals surface area contributed by atoms with Crippen molar-refractivity contribution in [1.29, 1.82) is 0 Å². The minimum absolute atomic E-state index is 0.253. The van der Waals surface area contributed by atoms with Crippen molar-refractivity contribution in [1.82, 2.24) is 14.8 Å². The van der Waals surface area contributed by atoms with Gasteiger partial charge in [-0.25, -0.2) is 4.79 Å². The zero-order valence-electron chi connectivity index (χ0n) is 14.8. The number of hydrogen-bond donors (Lipinski definition) is 0. The average molecular weight is 305 g/mol. The van der Waals surface area contributed by atoms with Gasteiger partial charge in [0.25, 0.3) is 0 Å². The number of pyridine rings is 1. The molecule has 0 aliphatic carbocycles. The quantitative estimate of drug-likeness (QED) is 0.842. The van der Waals surface area contributed by atoms with Gasteiger partial charge in [0.2, 0.25) is 0 Å². The van der Waals surface area contributed by atoms with Gasteiger partial charge < -0.3 is 9.64 Å². The van der Waals surface area contributed by atoms with E-state index >= 15 is 0 Å². The number of carbonyl (C=O) groups is 1. The van der Waals surface area contributed by atoms with Crippen LogP contribution in [0.5, 0.6) is 0 Å². The third kappa shape index (κ3) is 3.58. The monoisotopic (exact) mass is 305 g/mol. The molecule has 0 atom stereocenters. The second-order valence-electron chi connectivity index (χ2n) is 7.30. The van der Waals surface area contributed by atoms with Crippen LogP contribution in [0.15, 0.2) is 0 Å². The van der Waals surface area contributed by atoms with Crippen LogP contribution in [0.25, 0.3) is 0 Å². The maximum absolute atomic E-state index is 12.3. The summed E-state index contributed by atoms with van der Waals surface area (Å²) in [6.07, 6.45) is -0.253. The van der Waals surface area contributed by atoms with E-state index in [0.29, 0.717) is 13.1 Å². The molecule has 5 nitrogen and oxygen atoms in total. The number of aromatic nitrogens is 1. The van der Waals surface area contributed by atoms with Crippen LogP contribution in [0.3, 0.4) is 0 Å². The maximum Gasteiger partial charge on any atom is 0.410 e. The largest absolute Gasteiger partial charge is 0.444 e. The molecule has 0 bridgehead atoms. The van der Waals surface area contributed by atoms with Gasteiger partial charge in [-0.05, 0) is 65.4 Å². The standard InChI is InChI=1S/C17H27N3O2/c1-11-12(2)18-15(10-19(6)7)14-9-20(8-13(11)14)16(21)22-17(3,4)5/h8-10H2,1-7H3. The molecule has 0 fully saturated rings. The van der Waals surface area contributed by atoms with Gasteiger partial charge in [-0.2, -0.15) is 0 Å². The van der Waals surface area contributed by atoms with Crippen molar-refractivity contribution < 1.29 is 9.53 Å². The van der Waals surface area contributed by atoms with E-state index in [0.717, 1.165) is 17.9 Å². The molecule has 22 heavy (non-hydrogen) atoms. The normalized spacial score (nSPS) is 14.5. The van der Waals surface area contributed by atoms with E-state index in [1.165, 1.54) is 16.7 Å². The molecule has 122 valence electrons. The number of aryl methyl sites for hydroxylation is 1.